The molecule has 0 fully saturated rings. The molecular formula is C14H8ClF5N2O. The summed E-state index contributed by atoms with van der Waals surface area (Å²) in [4.78, 5) is 11.7. The van der Waals surface area contributed by atoms with Gasteiger partial charge in [-0.05, 0) is 30.3 Å². The minimum absolute atomic E-state index is 0.184. The van der Waals surface area contributed by atoms with E-state index in [-0.39, 0.29) is 11.4 Å². The van der Waals surface area contributed by atoms with E-state index in [1.54, 1.807) is 0 Å². The van der Waals surface area contributed by atoms with Crippen molar-refractivity contribution in [3.05, 3.63) is 58.6 Å². The fourth-order valence-electron chi connectivity index (χ4n) is 1.74. The number of carbonyl (C=O) groups excluding carboxylic acids is 1. The van der Waals surface area contributed by atoms with E-state index in [9.17, 15) is 26.7 Å². The summed E-state index contributed by atoms with van der Waals surface area (Å²) in [5, 5.41) is 3.70. The van der Waals surface area contributed by atoms with E-state index in [2.05, 4.69) is 10.6 Å². The van der Waals surface area contributed by atoms with E-state index >= 15 is 0 Å². The average molecular weight is 351 g/mol. The van der Waals surface area contributed by atoms with Crippen LogP contribution >= 0.6 is 11.6 Å². The third-order valence-electron chi connectivity index (χ3n) is 2.65. The molecule has 0 radical (unpaired) electrons. The lowest BCUT2D eigenvalue weighted by Gasteiger charge is -2.12. The third-order valence-corrected chi connectivity index (χ3v) is 2.98. The van der Waals surface area contributed by atoms with Gasteiger partial charge in [-0.25, -0.2) is 13.6 Å². The molecule has 23 heavy (non-hydrogen) atoms. The van der Waals surface area contributed by atoms with E-state index in [1.807, 2.05) is 0 Å². The van der Waals surface area contributed by atoms with Crippen LogP contribution in [0.25, 0.3) is 0 Å². The van der Waals surface area contributed by atoms with E-state index in [0.29, 0.717) is 12.1 Å². The van der Waals surface area contributed by atoms with Gasteiger partial charge in [-0.3, -0.25) is 0 Å². The van der Waals surface area contributed by atoms with Gasteiger partial charge in [-0.1, -0.05) is 11.6 Å². The van der Waals surface area contributed by atoms with Crippen molar-refractivity contribution in [2.45, 2.75) is 6.18 Å². The van der Waals surface area contributed by atoms with Gasteiger partial charge in [0.1, 0.15) is 11.6 Å². The van der Waals surface area contributed by atoms with Crippen LogP contribution in [0, 0.1) is 11.6 Å². The van der Waals surface area contributed by atoms with Crippen LogP contribution in [0.5, 0.6) is 0 Å². The molecule has 0 atom stereocenters. The molecule has 3 nitrogen and oxygen atoms in total. The fraction of sp³-hybridized carbons (Fsp3) is 0.0714. The first kappa shape index (κ1) is 17.0. The van der Waals surface area contributed by atoms with Crippen molar-refractivity contribution >= 4 is 29.0 Å². The summed E-state index contributed by atoms with van der Waals surface area (Å²) in [6, 6.07) is 4.12. The maximum atomic E-state index is 13.0. The van der Waals surface area contributed by atoms with E-state index < -0.39 is 34.4 Å². The van der Waals surface area contributed by atoms with Crippen molar-refractivity contribution in [3.63, 3.8) is 0 Å². The summed E-state index contributed by atoms with van der Waals surface area (Å²) in [5.74, 6) is -1.82. The van der Waals surface area contributed by atoms with Crippen LogP contribution in [0.1, 0.15) is 5.56 Å². The van der Waals surface area contributed by atoms with Crippen LogP contribution in [-0.2, 0) is 6.18 Å². The van der Waals surface area contributed by atoms with Crippen molar-refractivity contribution in [2.24, 2.45) is 0 Å². The van der Waals surface area contributed by atoms with Crippen molar-refractivity contribution in [1.29, 1.82) is 0 Å². The van der Waals surface area contributed by atoms with Crippen LogP contribution < -0.4 is 10.6 Å². The molecule has 0 bridgehead atoms. The highest BCUT2D eigenvalue weighted by Gasteiger charge is 2.33. The molecule has 0 aliphatic carbocycles. The molecule has 2 aromatic carbocycles. The van der Waals surface area contributed by atoms with E-state index in [4.69, 9.17) is 11.6 Å². The number of anilines is 2. The molecule has 0 saturated carbocycles. The number of hydrogen-bond donors (Lipinski definition) is 2. The second kappa shape index (κ2) is 6.41. The first-order valence-corrected chi connectivity index (χ1v) is 6.44. The van der Waals surface area contributed by atoms with Gasteiger partial charge >= 0.3 is 12.2 Å². The molecule has 2 aromatic rings. The quantitative estimate of drug-likeness (QED) is 0.711. The summed E-state index contributed by atoms with van der Waals surface area (Å²) in [5.41, 5.74) is -1.49. The molecule has 0 spiro atoms. The Balaban J connectivity index is 2.14. The number of hydrogen-bond acceptors (Lipinski definition) is 1. The minimum Gasteiger partial charge on any atom is -0.308 e. The number of rotatable bonds is 2. The van der Waals surface area contributed by atoms with Crippen molar-refractivity contribution in [1.82, 2.24) is 0 Å². The molecule has 122 valence electrons. The predicted molar refractivity (Wildman–Crippen MR) is 75.5 cm³/mol. The Morgan fingerprint density at radius 1 is 0.913 bits per heavy atom. The summed E-state index contributed by atoms with van der Waals surface area (Å²) in [7, 11) is 0. The Labute approximate surface area is 132 Å². The Morgan fingerprint density at radius 3 is 2.04 bits per heavy atom. The average Bonchev–Trinajstić information content (AvgIpc) is 2.38. The van der Waals surface area contributed by atoms with Crippen molar-refractivity contribution < 1.29 is 26.7 Å². The van der Waals surface area contributed by atoms with Crippen LogP contribution in [0.4, 0.5) is 38.1 Å². The molecule has 2 rings (SSSR count). The maximum absolute atomic E-state index is 13.0. The number of benzene rings is 2. The molecule has 2 N–H and O–H groups in total. The van der Waals surface area contributed by atoms with Crippen LogP contribution in [-0.4, -0.2) is 6.03 Å². The number of urea groups is 1. The Morgan fingerprint density at radius 2 is 1.48 bits per heavy atom. The lowest BCUT2D eigenvalue weighted by molar-refractivity contribution is -0.137. The topological polar surface area (TPSA) is 41.1 Å². The molecule has 0 unspecified atom stereocenters. The van der Waals surface area contributed by atoms with Crippen molar-refractivity contribution in [2.75, 3.05) is 10.6 Å². The van der Waals surface area contributed by atoms with E-state index in [1.165, 1.54) is 0 Å². The van der Waals surface area contributed by atoms with Gasteiger partial charge in [0.15, 0.2) is 0 Å². The molecule has 0 heterocycles. The standard InChI is InChI=1S/C14H8ClF5N2O/c15-12-2-1-9(6-11(12)14(18,19)20)21-13(23)22-10-4-7(16)3-8(17)5-10/h1-6H,(H2,21,22,23). The molecule has 0 saturated heterocycles. The zero-order valence-corrected chi connectivity index (χ0v) is 11.9. The normalized spacial score (nSPS) is 11.2. The van der Waals surface area contributed by atoms with Gasteiger partial charge in [0.2, 0.25) is 0 Å². The van der Waals surface area contributed by atoms with Gasteiger partial charge in [0, 0.05) is 17.4 Å². The molecule has 0 aromatic heterocycles. The predicted octanol–water partition coefficient (Wildman–Crippen LogP) is 5.28. The zero-order valence-electron chi connectivity index (χ0n) is 11.1. The summed E-state index contributed by atoms with van der Waals surface area (Å²) < 4.78 is 64.1. The second-order valence-corrected chi connectivity index (χ2v) is 4.84. The molecular weight excluding hydrogens is 343 g/mol. The number of amides is 2. The zero-order chi connectivity index (χ0) is 17.2. The number of nitrogens with one attached hydrogen (secondary N) is 2. The maximum Gasteiger partial charge on any atom is 0.417 e. The highest BCUT2D eigenvalue weighted by Crippen LogP contribution is 2.36. The van der Waals surface area contributed by atoms with Gasteiger partial charge in [0.25, 0.3) is 0 Å². The summed E-state index contributed by atoms with van der Waals surface area (Å²) in [6.45, 7) is 0. The van der Waals surface area contributed by atoms with Crippen LogP contribution in [0.3, 0.4) is 0 Å². The molecule has 0 aliphatic heterocycles. The summed E-state index contributed by atoms with van der Waals surface area (Å²) >= 11 is 5.45. The highest BCUT2D eigenvalue weighted by atomic mass is 35.5. The third kappa shape index (κ3) is 4.56. The molecule has 0 aliphatic rings. The van der Waals surface area contributed by atoms with Crippen LogP contribution in [0.2, 0.25) is 5.02 Å². The van der Waals surface area contributed by atoms with E-state index in [0.717, 1.165) is 24.3 Å². The largest absolute Gasteiger partial charge is 0.417 e. The fourth-order valence-corrected chi connectivity index (χ4v) is 1.96. The number of halogens is 6. The van der Waals surface area contributed by atoms with Crippen molar-refractivity contribution in [3.8, 4) is 0 Å². The highest BCUT2D eigenvalue weighted by molar-refractivity contribution is 6.31. The molecule has 2 amide bonds. The van der Waals surface area contributed by atoms with Crippen LogP contribution in [0.15, 0.2) is 36.4 Å². The smallest absolute Gasteiger partial charge is 0.308 e. The first-order chi connectivity index (χ1) is 10.6. The Bertz CT molecular complexity index is 728. The molecule has 9 heteroatoms. The first-order valence-electron chi connectivity index (χ1n) is 6.06. The van der Waals surface area contributed by atoms with Gasteiger partial charge in [0.05, 0.1) is 10.6 Å². The monoisotopic (exact) mass is 350 g/mol. The van der Waals surface area contributed by atoms with Gasteiger partial charge in [-0.2, -0.15) is 13.2 Å². The number of alkyl halides is 3. The number of carbonyl (C=O) groups is 1. The minimum atomic E-state index is -4.68. The SMILES string of the molecule is O=C(Nc1cc(F)cc(F)c1)Nc1ccc(Cl)c(C(F)(F)F)c1. The summed E-state index contributed by atoms with van der Waals surface area (Å²) in [6.07, 6.45) is -4.68. The van der Waals surface area contributed by atoms with Gasteiger partial charge < -0.3 is 10.6 Å². The Hall–Kier alpha value is -2.35. The van der Waals surface area contributed by atoms with Gasteiger partial charge in [-0.15, -0.1) is 0 Å². The Kier molecular flexibility index (Phi) is 4.74. The second-order valence-electron chi connectivity index (χ2n) is 4.43. The lowest BCUT2D eigenvalue weighted by Crippen LogP contribution is -2.20. The lowest BCUT2D eigenvalue weighted by atomic mass is 10.2.